The van der Waals surface area contributed by atoms with Crippen LogP contribution in [0, 0.1) is 23.7 Å². The maximum absolute atomic E-state index is 4.56. The molecule has 1 saturated carbocycles. The Hall–Kier alpha value is -1.12. The highest BCUT2D eigenvalue weighted by molar-refractivity contribution is 5.33. The van der Waals surface area contributed by atoms with Crippen LogP contribution >= 0.6 is 0 Å². The Bertz CT molecular complexity index is 426. The molecule has 3 nitrogen and oxygen atoms in total. The highest BCUT2D eigenvalue weighted by atomic mass is 15.3. The Kier molecular flexibility index (Phi) is 3.23. The van der Waals surface area contributed by atoms with Crippen LogP contribution < -0.4 is 4.90 Å². The molecule has 2 bridgehead atoms. The molecule has 1 aromatic rings. The number of fused-ring (bicyclic) bond motifs is 2. The summed E-state index contributed by atoms with van der Waals surface area (Å²) in [5, 5.41) is 0. The van der Waals surface area contributed by atoms with Gasteiger partial charge < -0.3 is 4.90 Å². The summed E-state index contributed by atoms with van der Waals surface area (Å²) in [6.07, 6.45) is 5.41. The molecule has 4 rings (SSSR count). The zero-order valence-electron chi connectivity index (χ0n) is 12.5. The van der Waals surface area contributed by atoms with Gasteiger partial charge in [0.2, 0.25) is 5.95 Å². The van der Waals surface area contributed by atoms with Gasteiger partial charge in [-0.1, -0.05) is 27.7 Å². The molecule has 104 valence electrons. The first-order valence-electron chi connectivity index (χ1n) is 7.63. The van der Waals surface area contributed by atoms with Crippen LogP contribution in [0.4, 0.5) is 5.95 Å². The Balaban J connectivity index is 1.69. The summed E-state index contributed by atoms with van der Waals surface area (Å²) in [5.41, 5.74) is 1.23. The number of nitrogens with zero attached hydrogens (tertiary/aromatic N) is 3. The minimum Gasteiger partial charge on any atom is -0.340 e. The zero-order chi connectivity index (χ0) is 13.6. The van der Waals surface area contributed by atoms with E-state index in [2.05, 4.69) is 42.6 Å². The molecule has 2 aliphatic heterocycles. The molecule has 0 amide bonds. The average Bonchev–Trinajstić information content (AvgIpc) is 2.38. The summed E-state index contributed by atoms with van der Waals surface area (Å²) in [7, 11) is 0. The second kappa shape index (κ2) is 4.77. The van der Waals surface area contributed by atoms with Crippen LogP contribution in [-0.4, -0.2) is 23.1 Å². The van der Waals surface area contributed by atoms with Gasteiger partial charge in [0, 0.05) is 25.5 Å². The van der Waals surface area contributed by atoms with E-state index in [1.165, 1.54) is 12.0 Å². The van der Waals surface area contributed by atoms with Crippen LogP contribution in [0.2, 0.25) is 0 Å². The molecule has 0 aromatic carbocycles. The third kappa shape index (κ3) is 2.24. The van der Waals surface area contributed by atoms with Gasteiger partial charge in [0.05, 0.1) is 0 Å². The highest BCUT2D eigenvalue weighted by Crippen LogP contribution is 2.49. The molecular formula is C16H25N3. The lowest BCUT2D eigenvalue weighted by molar-refractivity contribution is 0.0114. The summed E-state index contributed by atoms with van der Waals surface area (Å²) in [5.74, 6) is 4.94. The number of aromatic nitrogens is 2. The molecule has 19 heavy (non-hydrogen) atoms. The van der Waals surface area contributed by atoms with Crippen molar-refractivity contribution in [1.82, 2.24) is 9.97 Å². The van der Waals surface area contributed by atoms with Crippen molar-refractivity contribution < 1.29 is 0 Å². The Labute approximate surface area is 116 Å². The third-order valence-electron chi connectivity index (χ3n) is 4.98. The van der Waals surface area contributed by atoms with E-state index in [1.54, 1.807) is 0 Å². The van der Waals surface area contributed by atoms with E-state index in [1.807, 2.05) is 12.4 Å². The molecule has 3 aliphatic rings. The second-order valence-corrected chi connectivity index (χ2v) is 6.95. The van der Waals surface area contributed by atoms with Gasteiger partial charge in [0.1, 0.15) is 0 Å². The van der Waals surface area contributed by atoms with E-state index < -0.39 is 0 Å². The highest BCUT2D eigenvalue weighted by Gasteiger charge is 2.48. The fraction of sp³-hybridized carbons (Fsp3) is 0.750. The van der Waals surface area contributed by atoms with Gasteiger partial charge in [0.15, 0.2) is 0 Å². The lowest BCUT2D eigenvalue weighted by Gasteiger charge is -2.55. The summed E-state index contributed by atoms with van der Waals surface area (Å²) >= 11 is 0. The van der Waals surface area contributed by atoms with Crippen molar-refractivity contribution in [2.24, 2.45) is 23.7 Å². The number of hydrogen-bond acceptors (Lipinski definition) is 3. The van der Waals surface area contributed by atoms with Crippen LogP contribution in [0.25, 0.3) is 0 Å². The average molecular weight is 259 g/mol. The first kappa shape index (κ1) is 12.9. The van der Waals surface area contributed by atoms with Gasteiger partial charge in [0.25, 0.3) is 0 Å². The molecule has 2 atom stereocenters. The number of piperidine rings is 2. The van der Waals surface area contributed by atoms with Crippen LogP contribution in [0.5, 0.6) is 0 Å². The van der Waals surface area contributed by atoms with Gasteiger partial charge in [-0.05, 0) is 41.6 Å². The van der Waals surface area contributed by atoms with Crippen molar-refractivity contribution in [3.05, 3.63) is 18.0 Å². The van der Waals surface area contributed by atoms with E-state index in [0.29, 0.717) is 5.92 Å². The molecule has 1 aromatic heterocycles. The van der Waals surface area contributed by atoms with Gasteiger partial charge >= 0.3 is 0 Å². The van der Waals surface area contributed by atoms with Crippen molar-refractivity contribution in [2.75, 3.05) is 18.0 Å². The summed E-state index contributed by atoms with van der Waals surface area (Å²) < 4.78 is 0. The Morgan fingerprint density at radius 1 is 1.05 bits per heavy atom. The van der Waals surface area contributed by atoms with Gasteiger partial charge in [-0.2, -0.15) is 0 Å². The van der Waals surface area contributed by atoms with Gasteiger partial charge in [-0.15, -0.1) is 0 Å². The molecule has 2 saturated heterocycles. The van der Waals surface area contributed by atoms with Crippen molar-refractivity contribution in [3.8, 4) is 0 Å². The molecule has 3 heteroatoms. The number of hydrogen-bond donors (Lipinski definition) is 0. The summed E-state index contributed by atoms with van der Waals surface area (Å²) in [6.45, 7) is 11.4. The Morgan fingerprint density at radius 3 is 2.11 bits per heavy atom. The second-order valence-electron chi connectivity index (χ2n) is 6.95. The normalized spacial score (nSPS) is 29.8. The van der Waals surface area contributed by atoms with Crippen molar-refractivity contribution in [1.29, 1.82) is 0 Å². The van der Waals surface area contributed by atoms with Crippen molar-refractivity contribution in [2.45, 2.75) is 40.0 Å². The number of anilines is 1. The van der Waals surface area contributed by atoms with Gasteiger partial charge in [-0.25, -0.2) is 9.97 Å². The molecular weight excluding hydrogens is 234 g/mol. The maximum Gasteiger partial charge on any atom is 0.225 e. The SMILES string of the molecule is CC(C)c1cnc(N2CC3CC(C2)C3C(C)C)nc1. The molecule has 0 N–H and O–H groups in total. The van der Waals surface area contributed by atoms with Crippen LogP contribution in [0.3, 0.4) is 0 Å². The monoisotopic (exact) mass is 259 g/mol. The quantitative estimate of drug-likeness (QED) is 0.833. The Morgan fingerprint density at radius 2 is 1.63 bits per heavy atom. The van der Waals surface area contributed by atoms with E-state index >= 15 is 0 Å². The predicted molar refractivity (Wildman–Crippen MR) is 78.3 cm³/mol. The van der Waals surface area contributed by atoms with E-state index in [0.717, 1.165) is 42.7 Å². The molecule has 3 fully saturated rings. The molecule has 2 unspecified atom stereocenters. The minimum atomic E-state index is 0.508. The van der Waals surface area contributed by atoms with Crippen molar-refractivity contribution in [3.63, 3.8) is 0 Å². The predicted octanol–water partition coefficient (Wildman–Crippen LogP) is 3.33. The van der Waals surface area contributed by atoms with E-state index in [-0.39, 0.29) is 0 Å². The zero-order valence-corrected chi connectivity index (χ0v) is 12.5. The molecule has 0 radical (unpaired) electrons. The minimum absolute atomic E-state index is 0.508. The van der Waals surface area contributed by atoms with Crippen LogP contribution in [0.15, 0.2) is 12.4 Å². The molecule has 1 aliphatic carbocycles. The lowest BCUT2D eigenvalue weighted by Crippen LogP contribution is -2.57. The fourth-order valence-electron chi connectivity index (χ4n) is 3.97. The smallest absolute Gasteiger partial charge is 0.225 e. The summed E-state index contributed by atoms with van der Waals surface area (Å²) in [4.78, 5) is 11.5. The standard InChI is InChI=1S/C16H25N3/c1-10(2)14-6-17-16(18-7-14)19-8-12-5-13(9-19)15(12)11(3)4/h6-7,10-13,15H,5,8-9H2,1-4H3. The van der Waals surface area contributed by atoms with Crippen LogP contribution in [0.1, 0.15) is 45.6 Å². The molecule has 0 spiro atoms. The molecule has 3 heterocycles. The lowest BCUT2D eigenvalue weighted by atomic mass is 9.58. The van der Waals surface area contributed by atoms with Gasteiger partial charge in [-0.3, -0.25) is 0 Å². The first-order chi connectivity index (χ1) is 9.06. The van der Waals surface area contributed by atoms with E-state index in [4.69, 9.17) is 0 Å². The largest absolute Gasteiger partial charge is 0.340 e. The number of rotatable bonds is 3. The third-order valence-corrected chi connectivity index (χ3v) is 4.98. The first-order valence-corrected chi connectivity index (χ1v) is 7.63. The van der Waals surface area contributed by atoms with E-state index in [9.17, 15) is 0 Å². The van der Waals surface area contributed by atoms with Crippen LogP contribution in [-0.2, 0) is 0 Å². The topological polar surface area (TPSA) is 29.0 Å². The summed E-state index contributed by atoms with van der Waals surface area (Å²) in [6, 6.07) is 0. The van der Waals surface area contributed by atoms with Crippen molar-refractivity contribution >= 4 is 5.95 Å². The maximum atomic E-state index is 4.56. The fourth-order valence-corrected chi connectivity index (χ4v) is 3.97.